The Morgan fingerprint density at radius 3 is 2.57 bits per heavy atom. The molecule has 0 radical (unpaired) electrons. The van der Waals surface area contributed by atoms with E-state index in [1.54, 1.807) is 42.5 Å². The van der Waals surface area contributed by atoms with Gasteiger partial charge in [-0.1, -0.05) is 18.2 Å². The second-order valence-electron chi connectivity index (χ2n) is 6.75. The number of hydrogen-bond acceptors (Lipinski definition) is 7. The highest BCUT2D eigenvalue weighted by atomic mass is 16.5. The second kappa shape index (κ2) is 7.91. The minimum Gasteiger partial charge on any atom is -0.490 e. The normalized spacial score (nSPS) is 17.7. The van der Waals surface area contributed by atoms with Crippen molar-refractivity contribution in [2.45, 2.75) is 19.8 Å². The lowest BCUT2D eigenvalue weighted by atomic mass is 9.79. The number of para-hydroxylation sites is 1. The first-order chi connectivity index (χ1) is 14.6. The number of hydrogen-bond donors (Lipinski definition) is 1. The number of nitrogens with one attached hydrogen (secondary N) is 1. The molecule has 2 atom stereocenters. The fourth-order valence-electron chi connectivity index (χ4n) is 3.76. The van der Waals surface area contributed by atoms with Gasteiger partial charge in [0, 0.05) is 5.92 Å². The summed E-state index contributed by atoms with van der Waals surface area (Å²) < 4.78 is 22.5. The van der Waals surface area contributed by atoms with Crippen LogP contribution in [0.2, 0.25) is 0 Å². The predicted octanol–water partition coefficient (Wildman–Crippen LogP) is 4.23. The lowest BCUT2D eigenvalue weighted by Crippen LogP contribution is -2.34. The summed E-state index contributed by atoms with van der Waals surface area (Å²) in [6, 6.07) is 14.4. The Hall–Kier alpha value is -3.79. The van der Waals surface area contributed by atoms with Gasteiger partial charge in [0.1, 0.15) is 11.5 Å². The van der Waals surface area contributed by atoms with Gasteiger partial charge >= 0.3 is 5.63 Å². The van der Waals surface area contributed by atoms with Crippen LogP contribution in [0.15, 0.2) is 51.7 Å². The monoisotopic (exact) mass is 404 g/mol. The highest BCUT2D eigenvalue weighted by Gasteiger charge is 2.41. The summed E-state index contributed by atoms with van der Waals surface area (Å²) in [5.41, 5.74) is 0.645. The highest BCUT2D eigenvalue weighted by molar-refractivity contribution is 5.93. The van der Waals surface area contributed by atoms with Crippen molar-refractivity contribution in [1.82, 2.24) is 0 Å². The van der Waals surface area contributed by atoms with Crippen LogP contribution in [-0.4, -0.2) is 19.1 Å². The van der Waals surface area contributed by atoms with Gasteiger partial charge in [0.25, 0.3) is 0 Å². The summed E-state index contributed by atoms with van der Waals surface area (Å²) in [6.07, 6.45) is 0. The molecule has 2 unspecified atom stereocenters. The fraction of sp³-hybridized carbons (Fsp3) is 0.261. The largest absolute Gasteiger partial charge is 0.490 e. The molecular formula is C23H20N2O5. The van der Waals surface area contributed by atoms with Crippen LogP contribution < -0.4 is 19.8 Å². The number of ether oxygens (including phenoxy) is 3. The Balaban J connectivity index is 1.97. The molecule has 0 fully saturated rings. The Morgan fingerprint density at radius 2 is 1.83 bits per heavy atom. The van der Waals surface area contributed by atoms with Gasteiger partial charge in [-0.25, -0.2) is 4.79 Å². The average molecular weight is 404 g/mol. The Bertz CT molecular complexity index is 1220. The molecule has 1 aromatic heterocycles. The van der Waals surface area contributed by atoms with Crippen molar-refractivity contribution in [3.63, 3.8) is 0 Å². The van der Waals surface area contributed by atoms with Gasteiger partial charge in [0.2, 0.25) is 5.90 Å². The molecule has 0 bridgehead atoms. The van der Waals surface area contributed by atoms with Crippen LogP contribution in [0, 0.1) is 22.7 Å². The number of rotatable bonds is 5. The molecule has 0 saturated heterocycles. The standard InChI is InChI=1S/C23H20N2O5/c1-3-27-17-10-9-13(11-18(17)28-4-2)19-15(12-24)22(25)30-21-14-7-5-6-8-16(14)29-23(26)20(19)21/h5-11,15,19,25H,3-4H2,1-2H3. The summed E-state index contributed by atoms with van der Waals surface area (Å²) in [5.74, 6) is -0.577. The molecule has 30 heavy (non-hydrogen) atoms. The van der Waals surface area contributed by atoms with E-state index in [2.05, 4.69) is 6.07 Å². The fourth-order valence-corrected chi connectivity index (χ4v) is 3.76. The second-order valence-corrected chi connectivity index (χ2v) is 6.75. The van der Waals surface area contributed by atoms with E-state index >= 15 is 0 Å². The molecule has 0 amide bonds. The molecule has 1 N–H and O–H groups in total. The molecule has 0 saturated carbocycles. The highest BCUT2D eigenvalue weighted by Crippen LogP contribution is 2.45. The van der Waals surface area contributed by atoms with Crippen LogP contribution in [0.3, 0.4) is 0 Å². The van der Waals surface area contributed by atoms with Crippen molar-refractivity contribution >= 4 is 16.9 Å². The van der Waals surface area contributed by atoms with Gasteiger partial charge in [-0.2, -0.15) is 5.26 Å². The maximum absolute atomic E-state index is 12.9. The van der Waals surface area contributed by atoms with Gasteiger partial charge in [-0.3, -0.25) is 5.41 Å². The quantitative estimate of drug-likeness (QED) is 0.638. The molecular weight excluding hydrogens is 384 g/mol. The third kappa shape index (κ3) is 3.16. The van der Waals surface area contributed by atoms with Crippen LogP contribution in [0.5, 0.6) is 17.2 Å². The lowest BCUT2D eigenvalue weighted by Gasteiger charge is -2.30. The van der Waals surface area contributed by atoms with E-state index in [0.717, 1.165) is 0 Å². The van der Waals surface area contributed by atoms with Gasteiger partial charge in [-0.05, 0) is 43.7 Å². The first kappa shape index (κ1) is 19.5. The Morgan fingerprint density at radius 1 is 1.10 bits per heavy atom. The SMILES string of the molecule is CCOc1ccc(C2c3c(c4ccccc4oc3=O)OC(=N)C2C#N)cc1OCC. The number of fused-ring (bicyclic) bond motifs is 3. The van der Waals surface area contributed by atoms with Crippen molar-refractivity contribution < 1.29 is 18.6 Å². The minimum atomic E-state index is -0.978. The first-order valence-corrected chi connectivity index (χ1v) is 9.70. The van der Waals surface area contributed by atoms with Crippen LogP contribution >= 0.6 is 0 Å². The molecule has 152 valence electrons. The van der Waals surface area contributed by atoms with E-state index < -0.39 is 17.5 Å². The van der Waals surface area contributed by atoms with E-state index in [9.17, 15) is 10.1 Å². The van der Waals surface area contributed by atoms with E-state index in [1.165, 1.54) is 0 Å². The first-order valence-electron chi connectivity index (χ1n) is 9.70. The van der Waals surface area contributed by atoms with E-state index in [0.29, 0.717) is 41.2 Å². The maximum atomic E-state index is 12.9. The summed E-state index contributed by atoms with van der Waals surface area (Å²) in [5, 5.41) is 18.7. The van der Waals surface area contributed by atoms with Gasteiger partial charge in [-0.15, -0.1) is 0 Å². The Labute approximate surface area is 172 Å². The van der Waals surface area contributed by atoms with Crippen molar-refractivity contribution in [1.29, 1.82) is 10.7 Å². The van der Waals surface area contributed by atoms with Crippen LogP contribution in [0.25, 0.3) is 11.0 Å². The smallest absolute Gasteiger partial charge is 0.343 e. The van der Waals surface area contributed by atoms with Gasteiger partial charge in [0.05, 0.1) is 30.2 Å². The number of nitrogens with zero attached hydrogens (tertiary/aromatic N) is 1. The van der Waals surface area contributed by atoms with Crippen LogP contribution in [-0.2, 0) is 0 Å². The van der Waals surface area contributed by atoms with Crippen molar-refractivity contribution in [3.05, 3.63) is 64.0 Å². The maximum Gasteiger partial charge on any atom is 0.343 e. The molecule has 2 aromatic carbocycles. The number of nitriles is 1. The molecule has 3 aromatic rings. The van der Waals surface area contributed by atoms with Gasteiger partial charge in [0.15, 0.2) is 17.2 Å². The van der Waals surface area contributed by atoms with Crippen LogP contribution in [0.1, 0.15) is 30.9 Å². The summed E-state index contributed by atoms with van der Waals surface area (Å²) in [4.78, 5) is 12.9. The molecule has 2 heterocycles. The lowest BCUT2D eigenvalue weighted by molar-refractivity contribution is 0.287. The van der Waals surface area contributed by atoms with E-state index in [4.69, 9.17) is 24.0 Å². The van der Waals surface area contributed by atoms with E-state index in [-0.39, 0.29) is 17.2 Å². The van der Waals surface area contributed by atoms with Crippen molar-refractivity contribution in [2.75, 3.05) is 13.2 Å². The summed E-state index contributed by atoms with van der Waals surface area (Å²) >= 11 is 0. The molecule has 1 aliphatic heterocycles. The summed E-state index contributed by atoms with van der Waals surface area (Å²) in [7, 11) is 0. The molecule has 0 spiro atoms. The molecule has 0 aliphatic carbocycles. The van der Waals surface area contributed by atoms with Gasteiger partial charge < -0.3 is 18.6 Å². The third-order valence-electron chi connectivity index (χ3n) is 5.00. The molecule has 7 heteroatoms. The molecule has 7 nitrogen and oxygen atoms in total. The van der Waals surface area contributed by atoms with Crippen molar-refractivity contribution in [3.8, 4) is 23.3 Å². The average Bonchev–Trinajstić information content (AvgIpc) is 2.74. The molecule has 1 aliphatic rings. The zero-order valence-electron chi connectivity index (χ0n) is 16.6. The zero-order chi connectivity index (χ0) is 21.3. The summed E-state index contributed by atoms with van der Waals surface area (Å²) in [6.45, 7) is 4.64. The predicted molar refractivity (Wildman–Crippen MR) is 111 cm³/mol. The van der Waals surface area contributed by atoms with Crippen molar-refractivity contribution in [2.24, 2.45) is 5.92 Å². The minimum absolute atomic E-state index is 0.211. The van der Waals surface area contributed by atoms with E-state index in [1.807, 2.05) is 13.8 Å². The third-order valence-corrected chi connectivity index (χ3v) is 5.00. The zero-order valence-corrected chi connectivity index (χ0v) is 16.6. The topological polar surface area (TPSA) is 106 Å². The molecule has 4 rings (SSSR count). The Kier molecular flexibility index (Phi) is 5.15. The number of benzene rings is 2. The van der Waals surface area contributed by atoms with Crippen LogP contribution in [0.4, 0.5) is 0 Å².